The summed E-state index contributed by atoms with van der Waals surface area (Å²) >= 11 is 3.56. The van der Waals surface area contributed by atoms with Gasteiger partial charge in [-0.1, -0.05) is 0 Å². The van der Waals surface area contributed by atoms with E-state index in [0.29, 0.717) is 0 Å². The van der Waals surface area contributed by atoms with Crippen molar-refractivity contribution >= 4 is 29.8 Å². The van der Waals surface area contributed by atoms with E-state index in [1.54, 1.807) is 23.5 Å². The van der Waals surface area contributed by atoms with E-state index in [0.717, 1.165) is 17.8 Å². The van der Waals surface area contributed by atoms with Gasteiger partial charge in [-0.05, 0) is 24.3 Å². The Hall–Kier alpha value is 0.370. The average molecular weight is 162 g/mol. The van der Waals surface area contributed by atoms with Gasteiger partial charge in [-0.3, -0.25) is 0 Å². The number of hydrogen-bond donors (Lipinski definition) is 0. The normalized spacial score (nSPS) is 23.1. The van der Waals surface area contributed by atoms with Crippen LogP contribution < -0.4 is 0 Å². The molecule has 3 heteroatoms. The van der Waals surface area contributed by atoms with Crippen molar-refractivity contribution < 1.29 is 4.79 Å². The number of thioether (sulfide) groups is 2. The Morgan fingerprint density at radius 3 is 2.22 bits per heavy atom. The molecule has 0 radical (unpaired) electrons. The topological polar surface area (TPSA) is 17.1 Å². The van der Waals surface area contributed by atoms with Gasteiger partial charge in [-0.2, -0.15) is 0 Å². The summed E-state index contributed by atoms with van der Waals surface area (Å²) < 4.78 is 0.229. The van der Waals surface area contributed by atoms with Crippen LogP contribution in [0.25, 0.3) is 0 Å². The maximum atomic E-state index is 10.3. The Balaban J connectivity index is 2.26. The van der Waals surface area contributed by atoms with Crippen molar-refractivity contribution in [1.82, 2.24) is 0 Å². The van der Waals surface area contributed by atoms with Gasteiger partial charge in [0.2, 0.25) is 0 Å². The molecule has 1 aliphatic rings. The van der Waals surface area contributed by atoms with Crippen LogP contribution >= 0.6 is 23.5 Å². The van der Waals surface area contributed by atoms with Crippen molar-refractivity contribution in [2.75, 3.05) is 11.5 Å². The Morgan fingerprint density at radius 1 is 1.22 bits per heavy atom. The number of aldehydes is 1. The average Bonchev–Trinajstić information content (AvgIpc) is 2.13. The second kappa shape index (κ2) is 4.23. The fourth-order valence-electron chi connectivity index (χ4n) is 0.730. The molecule has 52 valence electrons. The standard InChI is InChI=1S/C6H10OS2/c7-5-6-8-3-1-2-4-9-6/h5-6H,1-4H2. The lowest BCUT2D eigenvalue weighted by Gasteiger charge is -2.01. The summed E-state index contributed by atoms with van der Waals surface area (Å²) in [5, 5.41) is 0. The van der Waals surface area contributed by atoms with E-state index >= 15 is 0 Å². The molecule has 1 saturated heterocycles. The van der Waals surface area contributed by atoms with E-state index in [-0.39, 0.29) is 4.58 Å². The molecule has 0 spiro atoms. The molecule has 0 aromatic carbocycles. The van der Waals surface area contributed by atoms with Gasteiger partial charge in [0.1, 0.15) is 10.9 Å². The molecule has 0 atom stereocenters. The predicted molar refractivity (Wildman–Crippen MR) is 44.0 cm³/mol. The first kappa shape index (κ1) is 7.48. The largest absolute Gasteiger partial charge is 0.301 e. The molecule has 0 N–H and O–H groups in total. The molecule has 9 heavy (non-hydrogen) atoms. The van der Waals surface area contributed by atoms with E-state index < -0.39 is 0 Å². The van der Waals surface area contributed by atoms with Gasteiger partial charge in [0.25, 0.3) is 0 Å². The SMILES string of the molecule is O=CC1SCCCCS1. The van der Waals surface area contributed by atoms with Gasteiger partial charge in [0.15, 0.2) is 0 Å². The molecule has 0 aromatic rings. The first-order valence-electron chi connectivity index (χ1n) is 3.12. The van der Waals surface area contributed by atoms with Crippen LogP contribution in [0, 0.1) is 0 Å². The molecule has 0 bridgehead atoms. The molecule has 1 heterocycles. The molecule has 1 rings (SSSR count). The Morgan fingerprint density at radius 2 is 1.78 bits per heavy atom. The smallest absolute Gasteiger partial charge is 0.142 e. The highest BCUT2D eigenvalue weighted by atomic mass is 32.2. The monoisotopic (exact) mass is 162 g/mol. The van der Waals surface area contributed by atoms with Crippen LogP contribution in [0.2, 0.25) is 0 Å². The molecule has 0 unspecified atom stereocenters. The summed E-state index contributed by atoms with van der Waals surface area (Å²) in [6, 6.07) is 0. The summed E-state index contributed by atoms with van der Waals surface area (Å²) in [5.74, 6) is 2.33. The number of hydrogen-bond acceptors (Lipinski definition) is 3. The minimum Gasteiger partial charge on any atom is -0.301 e. The summed E-state index contributed by atoms with van der Waals surface area (Å²) in [4.78, 5) is 10.3. The number of rotatable bonds is 1. The van der Waals surface area contributed by atoms with Crippen molar-refractivity contribution in [3.63, 3.8) is 0 Å². The van der Waals surface area contributed by atoms with Gasteiger partial charge in [-0.15, -0.1) is 23.5 Å². The van der Waals surface area contributed by atoms with E-state index in [2.05, 4.69) is 0 Å². The zero-order valence-corrected chi connectivity index (χ0v) is 6.84. The Kier molecular flexibility index (Phi) is 3.51. The predicted octanol–water partition coefficient (Wildman–Crippen LogP) is 1.77. The second-order valence-electron chi connectivity index (χ2n) is 1.95. The third-order valence-corrected chi connectivity index (χ3v) is 3.96. The quantitative estimate of drug-likeness (QED) is 0.547. The Bertz CT molecular complexity index is 87.1. The molecule has 0 saturated carbocycles. The van der Waals surface area contributed by atoms with Gasteiger partial charge in [0, 0.05) is 0 Å². The van der Waals surface area contributed by atoms with Crippen LogP contribution in [-0.2, 0) is 4.79 Å². The van der Waals surface area contributed by atoms with Crippen molar-refractivity contribution in [3.8, 4) is 0 Å². The molecule has 1 aliphatic heterocycles. The lowest BCUT2D eigenvalue weighted by Crippen LogP contribution is -1.96. The minimum atomic E-state index is 0.229. The molecule has 1 nitrogen and oxygen atoms in total. The molecular formula is C6H10OS2. The fourth-order valence-corrected chi connectivity index (χ4v) is 3.06. The highest BCUT2D eigenvalue weighted by Gasteiger charge is 2.10. The maximum absolute atomic E-state index is 10.3. The van der Waals surface area contributed by atoms with Gasteiger partial charge in [-0.25, -0.2) is 0 Å². The van der Waals surface area contributed by atoms with Crippen LogP contribution in [0.3, 0.4) is 0 Å². The minimum absolute atomic E-state index is 0.229. The molecule has 0 aliphatic carbocycles. The highest BCUT2D eigenvalue weighted by Crippen LogP contribution is 2.27. The zero-order chi connectivity index (χ0) is 6.53. The zero-order valence-electron chi connectivity index (χ0n) is 5.21. The van der Waals surface area contributed by atoms with E-state index in [1.807, 2.05) is 0 Å². The van der Waals surface area contributed by atoms with E-state index in [1.165, 1.54) is 12.8 Å². The lowest BCUT2D eigenvalue weighted by molar-refractivity contribution is -0.106. The van der Waals surface area contributed by atoms with Crippen molar-refractivity contribution in [2.45, 2.75) is 17.4 Å². The van der Waals surface area contributed by atoms with E-state index in [4.69, 9.17) is 0 Å². The van der Waals surface area contributed by atoms with Crippen molar-refractivity contribution in [2.24, 2.45) is 0 Å². The second-order valence-corrected chi connectivity index (χ2v) is 4.75. The summed E-state index contributed by atoms with van der Waals surface area (Å²) in [6.07, 6.45) is 3.62. The number of carbonyl (C=O) groups is 1. The van der Waals surface area contributed by atoms with Crippen LogP contribution in [-0.4, -0.2) is 22.4 Å². The summed E-state index contributed by atoms with van der Waals surface area (Å²) in [7, 11) is 0. The number of carbonyl (C=O) groups excluding carboxylic acids is 1. The summed E-state index contributed by atoms with van der Waals surface area (Å²) in [6.45, 7) is 0. The van der Waals surface area contributed by atoms with Crippen molar-refractivity contribution in [1.29, 1.82) is 0 Å². The first-order valence-corrected chi connectivity index (χ1v) is 5.22. The summed E-state index contributed by atoms with van der Waals surface area (Å²) in [5.41, 5.74) is 0. The van der Waals surface area contributed by atoms with Gasteiger partial charge in [0.05, 0.1) is 0 Å². The van der Waals surface area contributed by atoms with Crippen LogP contribution in [0.15, 0.2) is 0 Å². The van der Waals surface area contributed by atoms with Gasteiger partial charge >= 0.3 is 0 Å². The molecule has 0 amide bonds. The maximum Gasteiger partial charge on any atom is 0.142 e. The third kappa shape index (κ3) is 2.63. The van der Waals surface area contributed by atoms with Gasteiger partial charge < -0.3 is 4.79 Å². The molecule has 1 fully saturated rings. The van der Waals surface area contributed by atoms with E-state index in [9.17, 15) is 4.79 Å². The molecule has 0 aromatic heterocycles. The third-order valence-electron chi connectivity index (χ3n) is 1.21. The first-order chi connectivity index (χ1) is 4.43. The fraction of sp³-hybridized carbons (Fsp3) is 0.833. The highest BCUT2D eigenvalue weighted by molar-refractivity contribution is 8.18. The Labute approximate surface area is 64.0 Å². The van der Waals surface area contributed by atoms with Crippen LogP contribution in [0.4, 0.5) is 0 Å². The molecular weight excluding hydrogens is 152 g/mol. The lowest BCUT2D eigenvalue weighted by atomic mass is 10.4. The van der Waals surface area contributed by atoms with Crippen LogP contribution in [0.1, 0.15) is 12.8 Å². The van der Waals surface area contributed by atoms with Crippen molar-refractivity contribution in [3.05, 3.63) is 0 Å². The van der Waals surface area contributed by atoms with Crippen LogP contribution in [0.5, 0.6) is 0 Å².